The Morgan fingerprint density at radius 1 is 1.28 bits per heavy atom. The van der Waals surface area contributed by atoms with E-state index in [0.717, 1.165) is 0 Å². The van der Waals surface area contributed by atoms with Crippen LogP contribution in [0.2, 0.25) is 0 Å². The number of nitrogens with zero attached hydrogens (tertiary/aromatic N) is 1. The molecule has 0 saturated carbocycles. The normalized spacial score (nSPS) is 20.2. The fourth-order valence-electron chi connectivity index (χ4n) is 4.26. The predicted molar refractivity (Wildman–Crippen MR) is 136 cm³/mol. The van der Waals surface area contributed by atoms with Crippen LogP contribution < -0.4 is 10.1 Å². The van der Waals surface area contributed by atoms with E-state index in [2.05, 4.69) is 17.9 Å². The first-order chi connectivity index (χ1) is 17.3. The van der Waals surface area contributed by atoms with Gasteiger partial charge in [-0.1, -0.05) is 18.2 Å². The molecule has 2 aromatic rings. The van der Waals surface area contributed by atoms with Crippen molar-refractivity contribution in [1.29, 1.82) is 5.26 Å². The summed E-state index contributed by atoms with van der Waals surface area (Å²) in [6.07, 6.45) is 5.34. The minimum Gasteiger partial charge on any atom is -0.494 e. The molecule has 2 unspecified atom stereocenters. The minimum absolute atomic E-state index is 0.0839. The monoisotopic (exact) mass is 514 g/mol. The maximum absolute atomic E-state index is 14.4. The quantitative estimate of drug-likeness (QED) is 0.135. The van der Waals surface area contributed by atoms with Gasteiger partial charge in [-0.25, -0.2) is 8.78 Å². The van der Waals surface area contributed by atoms with Crippen LogP contribution in [0.25, 0.3) is 10.5 Å². The van der Waals surface area contributed by atoms with E-state index < -0.39 is 23.2 Å². The van der Waals surface area contributed by atoms with Gasteiger partial charge in [0.25, 0.3) is 0 Å². The molecule has 1 heterocycles. The summed E-state index contributed by atoms with van der Waals surface area (Å²) in [4.78, 5) is 11.0. The number of amides is 1. The van der Waals surface area contributed by atoms with Gasteiger partial charge < -0.3 is 19.9 Å². The van der Waals surface area contributed by atoms with Crippen molar-refractivity contribution in [2.24, 2.45) is 5.41 Å². The van der Waals surface area contributed by atoms with E-state index in [1.54, 1.807) is 24.3 Å². The number of aliphatic hydroxyl groups excluding tert-OH is 1. The van der Waals surface area contributed by atoms with E-state index >= 15 is 0 Å². The Hall–Kier alpha value is -3.19. The van der Waals surface area contributed by atoms with Crippen LogP contribution in [-0.4, -0.2) is 44.5 Å². The summed E-state index contributed by atoms with van der Waals surface area (Å²) in [5.41, 5.74) is 0.897. The molecule has 0 spiro atoms. The van der Waals surface area contributed by atoms with E-state index in [0.29, 0.717) is 60.4 Å². The lowest BCUT2D eigenvalue weighted by atomic mass is 9.77. The average Bonchev–Trinajstić information content (AvgIpc) is 3.23. The molecule has 1 fully saturated rings. The zero-order valence-electron chi connectivity index (χ0n) is 19.8. The number of allylic oxidation sites excluding steroid dienone is 3. The SMILES string of the molecule is COc1ccc(/C(S)=C(/C=C/CCC2(CCNC=O)COCC2O)c2ccc(C#N)c(F)c2)cc1F. The van der Waals surface area contributed by atoms with Gasteiger partial charge in [0.05, 0.1) is 32.0 Å². The van der Waals surface area contributed by atoms with Crippen LogP contribution >= 0.6 is 12.6 Å². The van der Waals surface area contributed by atoms with Crippen molar-refractivity contribution in [2.75, 3.05) is 26.9 Å². The number of carbonyl (C=O) groups excluding carboxylic acids is 1. The third-order valence-electron chi connectivity index (χ3n) is 6.40. The van der Waals surface area contributed by atoms with E-state index in [1.807, 2.05) is 6.08 Å². The highest BCUT2D eigenvalue weighted by molar-refractivity contribution is 7.90. The highest BCUT2D eigenvalue weighted by Crippen LogP contribution is 2.38. The average molecular weight is 515 g/mol. The van der Waals surface area contributed by atoms with Crippen molar-refractivity contribution in [2.45, 2.75) is 25.4 Å². The molecule has 2 N–H and O–H groups in total. The second-order valence-electron chi connectivity index (χ2n) is 8.57. The number of benzene rings is 2. The van der Waals surface area contributed by atoms with Gasteiger partial charge in [-0.05, 0) is 66.3 Å². The van der Waals surface area contributed by atoms with Gasteiger partial charge in [0.2, 0.25) is 6.41 Å². The summed E-state index contributed by atoms with van der Waals surface area (Å²) >= 11 is 4.63. The van der Waals surface area contributed by atoms with Crippen molar-refractivity contribution < 1.29 is 28.2 Å². The fraction of sp³-hybridized carbons (Fsp3) is 0.333. The third-order valence-corrected chi connectivity index (χ3v) is 6.90. The Morgan fingerprint density at radius 3 is 2.64 bits per heavy atom. The molecule has 36 heavy (non-hydrogen) atoms. The summed E-state index contributed by atoms with van der Waals surface area (Å²) in [7, 11) is 1.37. The van der Waals surface area contributed by atoms with Crippen LogP contribution in [0, 0.1) is 28.4 Å². The zero-order chi connectivity index (χ0) is 26.1. The molecule has 2 aromatic carbocycles. The molecule has 1 saturated heterocycles. The van der Waals surface area contributed by atoms with Gasteiger partial charge in [-0.15, -0.1) is 12.6 Å². The van der Waals surface area contributed by atoms with Crippen LogP contribution in [0.5, 0.6) is 5.75 Å². The lowest BCUT2D eigenvalue weighted by Gasteiger charge is -2.30. The summed E-state index contributed by atoms with van der Waals surface area (Å²) in [6, 6.07) is 10.5. The highest BCUT2D eigenvalue weighted by Gasteiger charge is 2.41. The van der Waals surface area contributed by atoms with E-state index in [9.17, 15) is 18.7 Å². The summed E-state index contributed by atoms with van der Waals surface area (Å²) in [5.74, 6) is -1.14. The largest absolute Gasteiger partial charge is 0.494 e. The summed E-state index contributed by atoms with van der Waals surface area (Å²) in [6.45, 7) is 1.05. The lowest BCUT2D eigenvalue weighted by molar-refractivity contribution is -0.109. The van der Waals surface area contributed by atoms with Gasteiger partial charge in [0, 0.05) is 16.9 Å². The smallest absolute Gasteiger partial charge is 0.207 e. The molecule has 6 nitrogen and oxygen atoms in total. The standard InChI is InChI=1S/C27H28F2N2O4S/c1-34-24-8-7-19(13-23(24)29)26(36)21(18-5-6-20(14-30)22(28)12-18)4-2-3-9-27(10-11-31-17-32)16-35-15-25(27)33/h2,4-8,12-13,17,25,33,36H,3,9-11,15-16H2,1H3,(H,31,32)/b4-2+,26-21+. The summed E-state index contributed by atoms with van der Waals surface area (Å²) in [5, 5.41) is 22.2. The molecule has 1 amide bonds. The lowest BCUT2D eigenvalue weighted by Crippen LogP contribution is -2.36. The molecule has 2 atom stereocenters. The first kappa shape index (κ1) is 27.4. The number of methoxy groups -OCH3 is 1. The van der Waals surface area contributed by atoms with Gasteiger partial charge in [0.15, 0.2) is 11.6 Å². The molecule has 0 radical (unpaired) electrons. The third kappa shape index (κ3) is 6.32. The Bertz CT molecular complexity index is 1190. The maximum Gasteiger partial charge on any atom is 0.207 e. The number of carbonyl (C=O) groups is 1. The van der Waals surface area contributed by atoms with Crippen molar-refractivity contribution in [3.05, 3.63) is 76.9 Å². The number of hydrogen-bond donors (Lipinski definition) is 3. The number of hydrogen-bond acceptors (Lipinski definition) is 6. The molecule has 9 heteroatoms. The van der Waals surface area contributed by atoms with E-state index in [-0.39, 0.29) is 17.9 Å². The van der Waals surface area contributed by atoms with Gasteiger partial charge in [-0.2, -0.15) is 5.26 Å². The first-order valence-electron chi connectivity index (χ1n) is 11.4. The molecule has 1 aliphatic rings. The van der Waals surface area contributed by atoms with Crippen molar-refractivity contribution in [1.82, 2.24) is 5.32 Å². The second kappa shape index (κ2) is 12.7. The van der Waals surface area contributed by atoms with E-state index in [4.69, 9.17) is 14.7 Å². The van der Waals surface area contributed by atoms with E-state index in [1.165, 1.54) is 31.4 Å². The van der Waals surface area contributed by atoms with Crippen molar-refractivity contribution in [3.8, 4) is 11.8 Å². The Labute approximate surface area is 214 Å². The molecule has 3 rings (SSSR count). The first-order valence-corrected chi connectivity index (χ1v) is 11.9. The van der Waals surface area contributed by atoms with Crippen molar-refractivity contribution in [3.63, 3.8) is 0 Å². The van der Waals surface area contributed by atoms with Crippen LogP contribution in [0.3, 0.4) is 0 Å². The van der Waals surface area contributed by atoms with Crippen LogP contribution in [0.1, 0.15) is 36.0 Å². The van der Waals surface area contributed by atoms with Crippen LogP contribution in [-0.2, 0) is 9.53 Å². The predicted octanol–water partition coefficient (Wildman–Crippen LogP) is 4.49. The Balaban J connectivity index is 1.92. The van der Waals surface area contributed by atoms with Gasteiger partial charge in [0.1, 0.15) is 11.9 Å². The zero-order valence-corrected chi connectivity index (χ0v) is 20.7. The molecule has 0 aliphatic carbocycles. The highest BCUT2D eigenvalue weighted by atomic mass is 32.1. The van der Waals surface area contributed by atoms with Crippen LogP contribution in [0.4, 0.5) is 8.78 Å². The Kier molecular flexibility index (Phi) is 9.65. The summed E-state index contributed by atoms with van der Waals surface area (Å²) < 4.78 is 39.3. The van der Waals surface area contributed by atoms with Gasteiger partial charge >= 0.3 is 0 Å². The number of aliphatic hydroxyl groups is 1. The number of thiol groups is 1. The Morgan fingerprint density at radius 2 is 2.03 bits per heavy atom. The topological polar surface area (TPSA) is 91.6 Å². The van der Waals surface area contributed by atoms with Crippen molar-refractivity contribution >= 4 is 29.5 Å². The molecule has 0 bridgehead atoms. The fourth-order valence-corrected chi connectivity index (χ4v) is 4.60. The molecule has 190 valence electrons. The number of nitrogens with one attached hydrogen (secondary N) is 1. The molecular weight excluding hydrogens is 486 g/mol. The maximum atomic E-state index is 14.4. The van der Waals surface area contributed by atoms with Crippen LogP contribution in [0.15, 0.2) is 48.6 Å². The molecular formula is C27H28F2N2O4S. The molecule has 1 aliphatic heterocycles. The minimum atomic E-state index is -0.671. The second-order valence-corrected chi connectivity index (χ2v) is 9.02. The number of rotatable bonds is 11. The number of nitriles is 1. The number of halogens is 2. The number of ether oxygens (including phenoxy) is 2. The molecule has 0 aromatic heterocycles. The van der Waals surface area contributed by atoms with Gasteiger partial charge in [-0.3, -0.25) is 4.79 Å².